The van der Waals surface area contributed by atoms with Gasteiger partial charge in [0.05, 0.1) is 0 Å². The molecule has 0 heterocycles. The van der Waals surface area contributed by atoms with Crippen molar-refractivity contribution in [2.45, 2.75) is 34.6 Å². The Hall–Kier alpha value is 1.12. The second-order valence-electron chi connectivity index (χ2n) is 4.13. The van der Waals surface area contributed by atoms with E-state index in [4.69, 9.17) is 0 Å². The van der Waals surface area contributed by atoms with Crippen LogP contribution in [0.1, 0.15) is 34.6 Å². The van der Waals surface area contributed by atoms with Crippen LogP contribution in [0.15, 0.2) is 22.3 Å². The molecule has 0 unspecified atom stereocenters. The first-order valence-corrected chi connectivity index (χ1v) is 4.89. The number of allylic oxidation sites excluding steroid dienone is 4. The fourth-order valence-corrected chi connectivity index (χ4v) is 2.49. The Kier molecular flexibility index (Phi) is 7.59. The average Bonchev–Trinajstić information content (AvgIpc) is 2.12. The Morgan fingerprint density at radius 3 is 1.60 bits per heavy atom. The molecule has 1 rings (SSSR count). The summed E-state index contributed by atoms with van der Waals surface area (Å²) in [6, 6.07) is 0. The summed E-state index contributed by atoms with van der Waals surface area (Å²) in [6.07, 6.45) is 0. The van der Waals surface area contributed by atoms with E-state index in [9.17, 15) is 4.79 Å². The van der Waals surface area contributed by atoms with Gasteiger partial charge in [-0.05, 0) is 0 Å². The van der Waals surface area contributed by atoms with Gasteiger partial charge in [-0.15, -0.1) is 48.0 Å². The smallest absolute Gasteiger partial charge is 0.107 e. The summed E-state index contributed by atoms with van der Waals surface area (Å²) < 4.78 is -0.105. The molecule has 0 amide bonds. The van der Waals surface area contributed by atoms with Gasteiger partial charge in [-0.1, -0.05) is 0 Å². The topological polar surface area (TPSA) is 17.1 Å². The monoisotopic (exact) mass is 478 g/mol. The third kappa shape index (κ3) is 3.07. The molecule has 0 radical (unpaired) electrons. The van der Waals surface area contributed by atoms with Gasteiger partial charge in [-0.25, -0.2) is 0 Å². The van der Waals surface area contributed by atoms with Gasteiger partial charge in [-0.3, -0.25) is 0 Å². The average molecular weight is 478 g/mol. The Balaban J connectivity index is 0. The van der Waals surface area contributed by atoms with E-state index in [-0.39, 0.29) is 58.1 Å². The predicted octanol–water partition coefficient (Wildman–Crippen LogP) is 3.99. The quantitative estimate of drug-likeness (QED) is 0.522. The second kappa shape index (κ2) is 6.16. The number of hydrogen-bond donors (Lipinski definition) is 0. The van der Waals surface area contributed by atoms with Gasteiger partial charge in [0.1, 0.15) is 0 Å². The molecule has 0 saturated carbocycles. The van der Waals surface area contributed by atoms with Crippen molar-refractivity contribution in [2.75, 3.05) is 0 Å². The van der Waals surface area contributed by atoms with E-state index in [1.54, 1.807) is 0 Å². The molecule has 0 bridgehead atoms. The minimum atomic E-state index is -0.134. The number of carbonyl (C=O) groups is 1. The second-order valence-corrected chi connectivity index (χ2v) is 4.60. The van der Waals surface area contributed by atoms with Crippen molar-refractivity contribution >= 4 is 52.7 Å². The summed E-state index contributed by atoms with van der Waals surface area (Å²) in [7, 11) is 0. The summed E-state index contributed by atoms with van der Waals surface area (Å²) in [5, 5.41) is 0. The van der Waals surface area contributed by atoms with Crippen molar-refractivity contribution in [1.29, 1.82) is 0 Å². The maximum atomic E-state index is 11.3. The van der Waals surface area contributed by atoms with E-state index in [0.717, 1.165) is 11.1 Å². The zero-order valence-electron chi connectivity index (χ0n) is 9.56. The van der Waals surface area contributed by atoms with E-state index in [2.05, 4.69) is 43.4 Å². The molecule has 0 N–H and O–H groups in total. The molecule has 0 aliphatic heterocycles. The zero-order chi connectivity index (χ0) is 10.4. The maximum absolute atomic E-state index is 11.3. The first-order valence-electron chi connectivity index (χ1n) is 4.37. The normalized spacial score (nSPS) is 18.6. The predicted molar refractivity (Wildman–Crippen MR) is 80.7 cm³/mol. The van der Waals surface area contributed by atoms with Crippen LogP contribution in [-0.2, 0) is 20.5 Å². The molecule has 0 fully saturated rings. The van der Waals surface area contributed by atoms with Crippen LogP contribution in [0.25, 0.3) is 0 Å². The van der Waals surface area contributed by atoms with Gasteiger partial charge < -0.3 is 0 Å². The van der Waals surface area contributed by atoms with Crippen LogP contribution in [0.5, 0.6) is 0 Å². The van der Waals surface area contributed by atoms with E-state index in [1.165, 1.54) is 11.1 Å². The van der Waals surface area contributed by atoms with Crippen LogP contribution in [0, 0.1) is 5.41 Å². The summed E-state index contributed by atoms with van der Waals surface area (Å²) in [4.78, 5) is 11.3. The van der Waals surface area contributed by atoms with E-state index in [1.807, 2.05) is 6.92 Å². The number of hydrogen-bond acceptors (Lipinski definition) is 1. The molecule has 4 heteroatoms. The standard InChI is InChI=1S/C11H15O.Co.2HI/c1-7-8(2)10(6-12)11(4,5)9(7)3;;;/h1-5H3;;2*1H. The molecule has 0 aromatic rings. The number of halogens is 2. The van der Waals surface area contributed by atoms with Crippen molar-refractivity contribution in [1.82, 2.24) is 0 Å². The van der Waals surface area contributed by atoms with Gasteiger partial charge in [0.2, 0.25) is 0 Å². The molecule has 0 aromatic carbocycles. The molecule has 0 saturated heterocycles. The molecule has 0 aromatic heterocycles. The van der Waals surface area contributed by atoms with E-state index in [0.29, 0.717) is 0 Å². The number of carbonyl (C=O) groups excluding carboxylic acids is 1. The van der Waals surface area contributed by atoms with Crippen molar-refractivity contribution in [3.63, 3.8) is 0 Å². The van der Waals surface area contributed by atoms with E-state index >= 15 is 0 Å². The van der Waals surface area contributed by atoms with Crippen LogP contribution in [0.3, 0.4) is 0 Å². The minimum Gasteiger partial charge on any atom is -0.107 e. The number of rotatable bonds is 1. The Morgan fingerprint density at radius 2 is 1.47 bits per heavy atom. The zero-order valence-corrected chi connectivity index (χ0v) is 15.3. The van der Waals surface area contributed by atoms with Gasteiger partial charge >= 0.3 is 87.6 Å². The largest absolute Gasteiger partial charge is 0.107 e. The van der Waals surface area contributed by atoms with Gasteiger partial charge in [-0.2, -0.15) is 0 Å². The van der Waals surface area contributed by atoms with Gasteiger partial charge in [0.25, 0.3) is 0 Å². The fourth-order valence-electron chi connectivity index (χ4n) is 1.96. The first kappa shape index (κ1) is 18.5. The Labute approximate surface area is 134 Å². The van der Waals surface area contributed by atoms with Crippen molar-refractivity contribution in [3.8, 4) is 0 Å². The van der Waals surface area contributed by atoms with Crippen LogP contribution < -0.4 is 0 Å². The molecule has 1 aliphatic rings. The molecular formula is C11H17CoI2O. The Morgan fingerprint density at radius 1 is 1.07 bits per heavy atom. The Bertz CT molecular complexity index is 340. The van der Waals surface area contributed by atoms with Crippen molar-refractivity contribution < 1.29 is 20.5 Å². The van der Waals surface area contributed by atoms with Crippen LogP contribution in [0.4, 0.5) is 0 Å². The molecule has 0 spiro atoms. The summed E-state index contributed by atoms with van der Waals surface area (Å²) in [5.41, 5.74) is 4.33. The molecule has 90 valence electrons. The van der Waals surface area contributed by atoms with Gasteiger partial charge in [0.15, 0.2) is 0 Å². The van der Waals surface area contributed by atoms with Crippen LogP contribution in [0.2, 0.25) is 0 Å². The summed E-state index contributed by atoms with van der Waals surface area (Å²) in [5.74, 6) is 0. The minimum absolute atomic E-state index is 0. The van der Waals surface area contributed by atoms with Crippen molar-refractivity contribution in [3.05, 3.63) is 22.3 Å². The van der Waals surface area contributed by atoms with E-state index < -0.39 is 0 Å². The third-order valence-corrected chi connectivity index (χ3v) is 3.51. The molecule has 1 aliphatic carbocycles. The SMILES string of the molecule is CC1=C(C)C(C)(C)C([C](=O)[Co])=C1C.I.I. The third-order valence-electron chi connectivity index (χ3n) is 3.25. The van der Waals surface area contributed by atoms with Crippen LogP contribution >= 0.6 is 48.0 Å². The summed E-state index contributed by atoms with van der Waals surface area (Å²) >= 11 is 3.98. The van der Waals surface area contributed by atoms with Crippen LogP contribution in [-0.4, -0.2) is 4.72 Å². The molecule has 1 nitrogen and oxygen atoms in total. The molecule has 15 heavy (non-hydrogen) atoms. The van der Waals surface area contributed by atoms with Gasteiger partial charge in [0, 0.05) is 0 Å². The van der Waals surface area contributed by atoms with Crippen molar-refractivity contribution in [2.24, 2.45) is 5.41 Å². The molecular weight excluding hydrogens is 461 g/mol. The maximum Gasteiger partial charge on any atom is -0.107 e. The molecule has 0 atom stereocenters. The fraction of sp³-hybridized carbons (Fsp3) is 0.545. The first-order chi connectivity index (χ1) is 5.80. The summed E-state index contributed by atoms with van der Waals surface area (Å²) in [6.45, 7) is 10.3.